The van der Waals surface area contributed by atoms with Crippen LogP contribution in [0.15, 0.2) is 73.1 Å². The van der Waals surface area contributed by atoms with Crippen molar-refractivity contribution in [3.05, 3.63) is 78.8 Å². The molecule has 0 aliphatic heterocycles. The van der Waals surface area contributed by atoms with Gasteiger partial charge in [-0.2, -0.15) is 0 Å². The van der Waals surface area contributed by atoms with E-state index in [1.54, 1.807) is 11.0 Å². The van der Waals surface area contributed by atoms with E-state index in [1.807, 2.05) is 79.5 Å². The van der Waals surface area contributed by atoms with Crippen molar-refractivity contribution in [2.45, 2.75) is 6.92 Å². The van der Waals surface area contributed by atoms with E-state index in [1.165, 1.54) is 6.33 Å². The molecule has 126 valence electrons. The molecule has 0 bridgehead atoms. The maximum atomic E-state index is 12.9. The second-order valence-electron chi connectivity index (χ2n) is 5.54. The van der Waals surface area contributed by atoms with Crippen molar-refractivity contribution in [2.24, 2.45) is 0 Å². The van der Waals surface area contributed by atoms with Crippen LogP contribution in [-0.2, 0) is 0 Å². The molecule has 0 saturated heterocycles. The summed E-state index contributed by atoms with van der Waals surface area (Å²) in [6.07, 6.45) is 1.43. The molecule has 1 amide bonds. The molecule has 0 unspecified atom stereocenters. The SMILES string of the molecule is CCN(C(=O)c1cc(N(C)c2ccccc2)ncn1)c1ccccc1. The van der Waals surface area contributed by atoms with Crippen LogP contribution in [0.3, 0.4) is 0 Å². The Bertz CT molecular complexity index is 837. The topological polar surface area (TPSA) is 49.3 Å². The molecule has 5 heteroatoms. The highest BCUT2D eigenvalue weighted by Crippen LogP contribution is 2.22. The van der Waals surface area contributed by atoms with Gasteiger partial charge in [-0.1, -0.05) is 36.4 Å². The zero-order valence-corrected chi connectivity index (χ0v) is 14.3. The lowest BCUT2D eigenvalue weighted by molar-refractivity contribution is 0.0983. The number of carbonyl (C=O) groups excluding carboxylic acids is 1. The molecule has 25 heavy (non-hydrogen) atoms. The van der Waals surface area contributed by atoms with Crippen LogP contribution < -0.4 is 9.80 Å². The number of anilines is 3. The van der Waals surface area contributed by atoms with Gasteiger partial charge in [-0.25, -0.2) is 9.97 Å². The normalized spacial score (nSPS) is 10.3. The second kappa shape index (κ2) is 7.57. The Morgan fingerprint density at radius 3 is 2.12 bits per heavy atom. The third-order valence-corrected chi connectivity index (χ3v) is 3.99. The van der Waals surface area contributed by atoms with E-state index in [2.05, 4.69) is 9.97 Å². The fraction of sp³-hybridized carbons (Fsp3) is 0.150. The minimum atomic E-state index is -0.140. The number of rotatable bonds is 5. The third-order valence-electron chi connectivity index (χ3n) is 3.99. The fourth-order valence-electron chi connectivity index (χ4n) is 2.62. The van der Waals surface area contributed by atoms with Gasteiger partial charge in [0.1, 0.15) is 17.8 Å². The lowest BCUT2D eigenvalue weighted by Gasteiger charge is -2.22. The smallest absolute Gasteiger partial charge is 0.277 e. The van der Waals surface area contributed by atoms with Crippen molar-refractivity contribution < 1.29 is 4.79 Å². The molecule has 0 spiro atoms. The minimum Gasteiger partial charge on any atom is -0.329 e. The molecular weight excluding hydrogens is 312 g/mol. The summed E-state index contributed by atoms with van der Waals surface area (Å²) in [5.74, 6) is 0.535. The molecule has 0 fully saturated rings. The fourth-order valence-corrected chi connectivity index (χ4v) is 2.62. The average molecular weight is 332 g/mol. The number of benzene rings is 2. The van der Waals surface area contributed by atoms with Gasteiger partial charge in [0.2, 0.25) is 0 Å². The Kier molecular flexibility index (Phi) is 5.04. The van der Waals surface area contributed by atoms with Crippen molar-refractivity contribution >= 4 is 23.1 Å². The molecule has 3 rings (SSSR count). The summed E-state index contributed by atoms with van der Waals surface area (Å²) >= 11 is 0. The Balaban J connectivity index is 1.89. The van der Waals surface area contributed by atoms with Gasteiger partial charge in [-0.15, -0.1) is 0 Å². The first-order valence-corrected chi connectivity index (χ1v) is 8.18. The molecular formula is C20H20N4O. The molecule has 0 aliphatic rings. The van der Waals surface area contributed by atoms with Crippen LogP contribution >= 0.6 is 0 Å². The van der Waals surface area contributed by atoms with Crippen LogP contribution in [0.25, 0.3) is 0 Å². The Morgan fingerprint density at radius 1 is 0.920 bits per heavy atom. The third kappa shape index (κ3) is 3.66. The maximum Gasteiger partial charge on any atom is 0.277 e. The molecule has 5 nitrogen and oxygen atoms in total. The number of para-hydroxylation sites is 2. The molecule has 0 atom stereocenters. The number of hydrogen-bond donors (Lipinski definition) is 0. The summed E-state index contributed by atoms with van der Waals surface area (Å²) in [6, 6.07) is 21.2. The van der Waals surface area contributed by atoms with E-state index < -0.39 is 0 Å². The van der Waals surface area contributed by atoms with Crippen LogP contribution in [0, 0.1) is 0 Å². The first-order valence-electron chi connectivity index (χ1n) is 8.18. The number of aromatic nitrogens is 2. The molecule has 0 saturated carbocycles. The monoisotopic (exact) mass is 332 g/mol. The summed E-state index contributed by atoms with van der Waals surface area (Å²) in [5, 5.41) is 0. The van der Waals surface area contributed by atoms with Gasteiger partial charge in [-0.05, 0) is 31.2 Å². The predicted molar refractivity (Wildman–Crippen MR) is 100 cm³/mol. The molecule has 1 aromatic heterocycles. The zero-order chi connectivity index (χ0) is 17.6. The van der Waals surface area contributed by atoms with Gasteiger partial charge in [0, 0.05) is 31.0 Å². The van der Waals surface area contributed by atoms with Gasteiger partial charge in [0.25, 0.3) is 5.91 Å². The van der Waals surface area contributed by atoms with Crippen molar-refractivity contribution in [3.63, 3.8) is 0 Å². The second-order valence-corrected chi connectivity index (χ2v) is 5.54. The largest absolute Gasteiger partial charge is 0.329 e. The Labute approximate surface area is 147 Å². The van der Waals surface area contributed by atoms with Gasteiger partial charge in [0.15, 0.2) is 0 Å². The Morgan fingerprint density at radius 2 is 1.52 bits per heavy atom. The van der Waals surface area contributed by atoms with Crippen LogP contribution in [-0.4, -0.2) is 29.5 Å². The van der Waals surface area contributed by atoms with Gasteiger partial charge >= 0.3 is 0 Å². The summed E-state index contributed by atoms with van der Waals surface area (Å²) in [5.41, 5.74) is 2.22. The number of amides is 1. The number of carbonyl (C=O) groups is 1. The summed E-state index contributed by atoms with van der Waals surface area (Å²) in [7, 11) is 1.92. The summed E-state index contributed by atoms with van der Waals surface area (Å²) < 4.78 is 0. The van der Waals surface area contributed by atoms with Crippen molar-refractivity contribution in [1.82, 2.24) is 9.97 Å². The number of hydrogen-bond acceptors (Lipinski definition) is 4. The zero-order valence-electron chi connectivity index (χ0n) is 14.3. The summed E-state index contributed by atoms with van der Waals surface area (Å²) in [4.78, 5) is 25.0. The number of nitrogens with zero attached hydrogens (tertiary/aromatic N) is 4. The van der Waals surface area contributed by atoms with E-state index in [9.17, 15) is 4.79 Å². The van der Waals surface area contributed by atoms with Gasteiger partial charge in [0.05, 0.1) is 0 Å². The van der Waals surface area contributed by atoms with Crippen LogP contribution in [0.5, 0.6) is 0 Å². The standard InChI is InChI=1S/C20H20N4O/c1-3-24(17-12-8-5-9-13-17)20(25)18-14-19(22-15-21-18)23(2)16-10-6-4-7-11-16/h4-15H,3H2,1-2H3. The van der Waals surface area contributed by atoms with Crippen molar-refractivity contribution in [1.29, 1.82) is 0 Å². The Hall–Kier alpha value is -3.21. The molecule has 1 heterocycles. The maximum absolute atomic E-state index is 12.9. The molecule has 2 aromatic carbocycles. The highest BCUT2D eigenvalue weighted by molar-refractivity contribution is 6.05. The van der Waals surface area contributed by atoms with E-state index in [4.69, 9.17) is 0 Å². The highest BCUT2D eigenvalue weighted by atomic mass is 16.2. The van der Waals surface area contributed by atoms with Gasteiger partial charge in [-0.3, -0.25) is 4.79 Å². The van der Waals surface area contributed by atoms with Crippen LogP contribution in [0.2, 0.25) is 0 Å². The minimum absolute atomic E-state index is 0.140. The summed E-state index contributed by atoms with van der Waals surface area (Å²) in [6.45, 7) is 2.51. The lowest BCUT2D eigenvalue weighted by atomic mass is 10.2. The van der Waals surface area contributed by atoms with Gasteiger partial charge < -0.3 is 9.80 Å². The van der Waals surface area contributed by atoms with E-state index in [-0.39, 0.29) is 5.91 Å². The molecule has 0 radical (unpaired) electrons. The van der Waals surface area contributed by atoms with Crippen LogP contribution in [0.1, 0.15) is 17.4 Å². The lowest BCUT2D eigenvalue weighted by Crippen LogP contribution is -2.31. The van der Waals surface area contributed by atoms with E-state index >= 15 is 0 Å². The van der Waals surface area contributed by atoms with Crippen molar-refractivity contribution in [2.75, 3.05) is 23.4 Å². The first kappa shape index (κ1) is 16.6. The average Bonchev–Trinajstić information content (AvgIpc) is 2.69. The van der Waals surface area contributed by atoms with Crippen LogP contribution in [0.4, 0.5) is 17.2 Å². The molecule has 0 N–H and O–H groups in total. The van der Waals surface area contributed by atoms with E-state index in [0.717, 1.165) is 11.4 Å². The predicted octanol–water partition coefficient (Wildman–Crippen LogP) is 3.91. The first-order chi connectivity index (χ1) is 12.2. The molecule has 0 aliphatic carbocycles. The quantitative estimate of drug-likeness (QED) is 0.711. The van der Waals surface area contributed by atoms with E-state index in [0.29, 0.717) is 18.1 Å². The van der Waals surface area contributed by atoms with Crippen molar-refractivity contribution in [3.8, 4) is 0 Å². The highest BCUT2D eigenvalue weighted by Gasteiger charge is 2.18. The molecule has 3 aromatic rings.